The number of nitrogens with one attached hydrogen (secondary N) is 1. The summed E-state index contributed by atoms with van der Waals surface area (Å²) in [6, 6.07) is 8.43. The van der Waals surface area contributed by atoms with Crippen LogP contribution in [-0.2, 0) is 9.47 Å². The van der Waals surface area contributed by atoms with E-state index < -0.39 is 0 Å². The molecule has 1 aromatic carbocycles. The molecule has 1 rings (SSSR count). The molecule has 0 aliphatic heterocycles. The Kier molecular flexibility index (Phi) is 8.26. The zero-order chi connectivity index (χ0) is 14.8. The molecule has 4 heteroatoms. The lowest BCUT2D eigenvalue weighted by Gasteiger charge is -2.19. The maximum atomic E-state index is 5.52. The van der Waals surface area contributed by atoms with Gasteiger partial charge in [0.05, 0.1) is 7.11 Å². The predicted octanol–water partition coefficient (Wildman–Crippen LogP) is 3.14. The van der Waals surface area contributed by atoms with E-state index in [0.717, 1.165) is 18.7 Å². The zero-order valence-corrected chi connectivity index (χ0v) is 13.0. The van der Waals surface area contributed by atoms with Crippen molar-refractivity contribution in [2.75, 3.05) is 26.9 Å². The predicted molar refractivity (Wildman–Crippen MR) is 81.1 cm³/mol. The summed E-state index contributed by atoms with van der Waals surface area (Å²) >= 11 is 0. The second-order valence-electron chi connectivity index (χ2n) is 4.58. The Bertz CT molecular complexity index is 347. The molecule has 0 aliphatic carbocycles. The molecule has 0 saturated heterocycles. The molecule has 0 bridgehead atoms. The standard InChI is InChI=1S/C16H27NO3/c1-5-19-16(20-6-2)11-12-17-13(3)14-7-9-15(18-4)10-8-14/h7-10,13,16-17H,5-6,11-12H2,1-4H3/t13-/m0/s1. The van der Waals surface area contributed by atoms with Gasteiger partial charge in [-0.15, -0.1) is 0 Å². The molecule has 0 unspecified atom stereocenters. The molecule has 0 spiro atoms. The zero-order valence-electron chi connectivity index (χ0n) is 13.0. The molecule has 114 valence electrons. The molecule has 0 heterocycles. The average molecular weight is 281 g/mol. The van der Waals surface area contributed by atoms with Crippen LogP contribution in [0.25, 0.3) is 0 Å². The number of ether oxygens (including phenoxy) is 3. The lowest BCUT2D eigenvalue weighted by molar-refractivity contribution is -0.138. The second kappa shape index (κ2) is 9.75. The van der Waals surface area contributed by atoms with Gasteiger partial charge in [-0.3, -0.25) is 0 Å². The Morgan fingerprint density at radius 1 is 1.05 bits per heavy atom. The highest BCUT2D eigenvalue weighted by Crippen LogP contribution is 2.17. The number of methoxy groups -OCH3 is 1. The molecule has 20 heavy (non-hydrogen) atoms. The third-order valence-electron chi connectivity index (χ3n) is 3.15. The molecule has 1 N–H and O–H groups in total. The largest absolute Gasteiger partial charge is 0.497 e. The summed E-state index contributed by atoms with van der Waals surface area (Å²) in [5.41, 5.74) is 1.25. The second-order valence-corrected chi connectivity index (χ2v) is 4.58. The smallest absolute Gasteiger partial charge is 0.158 e. The summed E-state index contributed by atoms with van der Waals surface area (Å²) in [5.74, 6) is 0.883. The van der Waals surface area contributed by atoms with E-state index in [-0.39, 0.29) is 6.29 Å². The molecule has 1 atom stereocenters. The Balaban J connectivity index is 2.35. The number of benzene rings is 1. The molecule has 0 radical (unpaired) electrons. The Labute approximate surface area is 122 Å². The summed E-state index contributed by atoms with van der Waals surface area (Å²) in [5, 5.41) is 3.48. The van der Waals surface area contributed by atoms with Crippen LogP contribution in [0.5, 0.6) is 5.75 Å². The molecular formula is C16H27NO3. The van der Waals surface area contributed by atoms with Crippen molar-refractivity contribution in [3.63, 3.8) is 0 Å². The highest BCUT2D eigenvalue weighted by atomic mass is 16.7. The van der Waals surface area contributed by atoms with Crippen molar-refractivity contribution >= 4 is 0 Å². The highest BCUT2D eigenvalue weighted by Gasteiger charge is 2.09. The summed E-state index contributed by atoms with van der Waals surface area (Å²) in [6.45, 7) is 8.34. The van der Waals surface area contributed by atoms with Crippen LogP contribution >= 0.6 is 0 Å². The van der Waals surface area contributed by atoms with E-state index in [1.165, 1.54) is 5.56 Å². The van der Waals surface area contributed by atoms with Crippen LogP contribution in [0.2, 0.25) is 0 Å². The highest BCUT2D eigenvalue weighted by molar-refractivity contribution is 5.28. The first-order valence-electron chi connectivity index (χ1n) is 7.31. The minimum atomic E-state index is -0.111. The maximum absolute atomic E-state index is 5.52. The summed E-state index contributed by atoms with van der Waals surface area (Å²) in [6.07, 6.45) is 0.739. The summed E-state index contributed by atoms with van der Waals surface area (Å²) < 4.78 is 16.2. The van der Waals surface area contributed by atoms with Crippen LogP contribution in [0, 0.1) is 0 Å². The SMILES string of the molecule is CCOC(CCN[C@@H](C)c1ccc(OC)cc1)OCC. The Morgan fingerprint density at radius 2 is 1.65 bits per heavy atom. The van der Waals surface area contributed by atoms with Crippen LogP contribution in [0.1, 0.15) is 38.8 Å². The minimum absolute atomic E-state index is 0.111. The van der Waals surface area contributed by atoms with Crippen LogP contribution < -0.4 is 10.1 Å². The van der Waals surface area contributed by atoms with Gasteiger partial charge in [0.15, 0.2) is 6.29 Å². The average Bonchev–Trinajstić information content (AvgIpc) is 2.47. The third kappa shape index (κ3) is 5.90. The molecule has 4 nitrogen and oxygen atoms in total. The first-order valence-corrected chi connectivity index (χ1v) is 7.31. The fourth-order valence-electron chi connectivity index (χ4n) is 2.01. The lowest BCUT2D eigenvalue weighted by atomic mass is 10.1. The van der Waals surface area contributed by atoms with E-state index in [4.69, 9.17) is 14.2 Å². The molecule has 0 saturated carbocycles. The Hall–Kier alpha value is -1.10. The van der Waals surface area contributed by atoms with E-state index in [1.807, 2.05) is 26.0 Å². The van der Waals surface area contributed by atoms with Crippen molar-refractivity contribution < 1.29 is 14.2 Å². The van der Waals surface area contributed by atoms with Gasteiger partial charge in [0, 0.05) is 32.2 Å². The van der Waals surface area contributed by atoms with Crippen LogP contribution in [0.15, 0.2) is 24.3 Å². The van der Waals surface area contributed by atoms with Crippen molar-refractivity contribution in [3.8, 4) is 5.75 Å². The fraction of sp³-hybridized carbons (Fsp3) is 0.625. The summed E-state index contributed by atoms with van der Waals surface area (Å²) in [7, 11) is 1.68. The van der Waals surface area contributed by atoms with Gasteiger partial charge in [0.2, 0.25) is 0 Å². The van der Waals surface area contributed by atoms with Crippen LogP contribution in [-0.4, -0.2) is 33.2 Å². The Morgan fingerprint density at radius 3 is 2.15 bits per heavy atom. The van der Waals surface area contributed by atoms with Gasteiger partial charge in [-0.25, -0.2) is 0 Å². The monoisotopic (exact) mass is 281 g/mol. The van der Waals surface area contributed by atoms with E-state index in [2.05, 4.69) is 24.4 Å². The molecule has 0 fully saturated rings. The van der Waals surface area contributed by atoms with E-state index in [9.17, 15) is 0 Å². The normalized spacial score (nSPS) is 12.7. The summed E-state index contributed by atoms with van der Waals surface area (Å²) in [4.78, 5) is 0. The van der Waals surface area contributed by atoms with Crippen molar-refractivity contribution in [1.82, 2.24) is 5.32 Å². The van der Waals surface area contributed by atoms with E-state index in [1.54, 1.807) is 7.11 Å². The quantitative estimate of drug-likeness (QED) is 0.669. The van der Waals surface area contributed by atoms with E-state index in [0.29, 0.717) is 19.3 Å². The number of rotatable bonds is 10. The first kappa shape index (κ1) is 17.0. The maximum Gasteiger partial charge on any atom is 0.158 e. The number of hydrogen-bond acceptors (Lipinski definition) is 4. The van der Waals surface area contributed by atoms with Crippen molar-refractivity contribution in [1.29, 1.82) is 0 Å². The minimum Gasteiger partial charge on any atom is -0.497 e. The van der Waals surface area contributed by atoms with Gasteiger partial charge < -0.3 is 19.5 Å². The van der Waals surface area contributed by atoms with Gasteiger partial charge in [0.25, 0.3) is 0 Å². The van der Waals surface area contributed by atoms with Crippen LogP contribution in [0.4, 0.5) is 0 Å². The van der Waals surface area contributed by atoms with Crippen molar-refractivity contribution in [3.05, 3.63) is 29.8 Å². The van der Waals surface area contributed by atoms with Gasteiger partial charge in [-0.05, 0) is 38.5 Å². The van der Waals surface area contributed by atoms with Gasteiger partial charge in [-0.1, -0.05) is 12.1 Å². The molecule has 0 aliphatic rings. The molecular weight excluding hydrogens is 254 g/mol. The van der Waals surface area contributed by atoms with Gasteiger partial charge >= 0.3 is 0 Å². The van der Waals surface area contributed by atoms with Gasteiger partial charge in [0.1, 0.15) is 5.75 Å². The molecule has 0 amide bonds. The number of hydrogen-bond donors (Lipinski definition) is 1. The van der Waals surface area contributed by atoms with Gasteiger partial charge in [-0.2, -0.15) is 0 Å². The lowest BCUT2D eigenvalue weighted by Crippen LogP contribution is -2.26. The fourth-order valence-corrected chi connectivity index (χ4v) is 2.01. The first-order chi connectivity index (χ1) is 9.71. The topological polar surface area (TPSA) is 39.7 Å². The third-order valence-corrected chi connectivity index (χ3v) is 3.15. The molecule has 0 aromatic heterocycles. The van der Waals surface area contributed by atoms with Crippen molar-refractivity contribution in [2.45, 2.75) is 39.5 Å². The van der Waals surface area contributed by atoms with E-state index >= 15 is 0 Å². The van der Waals surface area contributed by atoms with Crippen molar-refractivity contribution in [2.24, 2.45) is 0 Å². The van der Waals surface area contributed by atoms with Crippen LogP contribution in [0.3, 0.4) is 0 Å². The molecule has 1 aromatic rings.